The summed E-state index contributed by atoms with van der Waals surface area (Å²) in [5, 5.41) is 0. The Morgan fingerprint density at radius 2 is 2.13 bits per heavy atom. The molecular formula is C12H9FO2. The summed E-state index contributed by atoms with van der Waals surface area (Å²) in [6.45, 7) is 1.69. The Kier molecular flexibility index (Phi) is 2.37. The number of halogens is 1. The summed E-state index contributed by atoms with van der Waals surface area (Å²) in [7, 11) is 0. The quantitative estimate of drug-likeness (QED) is 0.704. The number of aryl methyl sites for hydroxylation is 1. The zero-order valence-corrected chi connectivity index (χ0v) is 8.16. The molecule has 15 heavy (non-hydrogen) atoms. The van der Waals surface area contributed by atoms with Gasteiger partial charge in [-0.2, -0.15) is 0 Å². The molecule has 3 heteroatoms. The second kappa shape index (κ2) is 3.69. The molecule has 0 bridgehead atoms. The predicted octanol–water partition coefficient (Wildman–Crippen LogP) is 2.96. The Balaban J connectivity index is 2.42. The lowest BCUT2D eigenvalue weighted by molar-refractivity contribution is 0.101. The molecule has 0 saturated heterocycles. The van der Waals surface area contributed by atoms with Crippen LogP contribution < -0.4 is 0 Å². The van der Waals surface area contributed by atoms with Crippen LogP contribution in [-0.4, -0.2) is 5.78 Å². The lowest BCUT2D eigenvalue weighted by atomic mass is 10.0. The van der Waals surface area contributed by atoms with Crippen molar-refractivity contribution in [2.45, 2.75) is 6.92 Å². The number of hydrogen-bond acceptors (Lipinski definition) is 2. The molecule has 76 valence electrons. The largest absolute Gasteiger partial charge is 0.461 e. The van der Waals surface area contributed by atoms with Gasteiger partial charge < -0.3 is 4.42 Å². The molecule has 0 fully saturated rings. The van der Waals surface area contributed by atoms with E-state index in [4.69, 9.17) is 4.42 Å². The summed E-state index contributed by atoms with van der Waals surface area (Å²) in [4.78, 5) is 11.8. The van der Waals surface area contributed by atoms with Crippen LogP contribution in [0.4, 0.5) is 4.39 Å². The van der Waals surface area contributed by atoms with Gasteiger partial charge in [-0.05, 0) is 42.8 Å². The normalized spacial score (nSPS) is 10.3. The van der Waals surface area contributed by atoms with Gasteiger partial charge in [0.1, 0.15) is 5.82 Å². The van der Waals surface area contributed by atoms with E-state index in [1.165, 1.54) is 24.5 Å². The highest BCUT2D eigenvalue weighted by atomic mass is 19.1. The molecule has 0 aliphatic heterocycles. The van der Waals surface area contributed by atoms with Crippen molar-refractivity contribution in [1.82, 2.24) is 0 Å². The molecule has 2 rings (SSSR count). The summed E-state index contributed by atoms with van der Waals surface area (Å²) < 4.78 is 17.8. The fourth-order valence-electron chi connectivity index (χ4n) is 1.42. The number of hydrogen-bond donors (Lipinski definition) is 0. The van der Waals surface area contributed by atoms with Crippen LogP contribution in [0.2, 0.25) is 0 Å². The van der Waals surface area contributed by atoms with E-state index in [9.17, 15) is 9.18 Å². The maximum absolute atomic E-state index is 12.8. The van der Waals surface area contributed by atoms with Crippen molar-refractivity contribution in [3.8, 4) is 0 Å². The second-order valence-corrected chi connectivity index (χ2v) is 3.27. The average Bonchev–Trinajstić information content (AvgIpc) is 2.69. The van der Waals surface area contributed by atoms with E-state index < -0.39 is 0 Å². The minimum Gasteiger partial charge on any atom is -0.461 e. The fraction of sp³-hybridized carbons (Fsp3) is 0.0833. The maximum atomic E-state index is 12.8. The van der Waals surface area contributed by atoms with Gasteiger partial charge in [0, 0.05) is 5.56 Å². The molecule has 0 aliphatic carbocycles. The van der Waals surface area contributed by atoms with E-state index in [0.717, 1.165) is 0 Å². The summed E-state index contributed by atoms with van der Waals surface area (Å²) >= 11 is 0. The molecule has 0 atom stereocenters. The Morgan fingerprint density at radius 1 is 1.33 bits per heavy atom. The SMILES string of the molecule is Cc1cc(F)ccc1C(=O)c1ccco1. The highest BCUT2D eigenvalue weighted by Crippen LogP contribution is 2.15. The highest BCUT2D eigenvalue weighted by molar-refractivity contribution is 6.08. The van der Waals surface area contributed by atoms with Gasteiger partial charge in [0.15, 0.2) is 5.76 Å². The lowest BCUT2D eigenvalue weighted by Crippen LogP contribution is -2.02. The van der Waals surface area contributed by atoms with Crippen molar-refractivity contribution in [3.63, 3.8) is 0 Å². The van der Waals surface area contributed by atoms with Crippen LogP contribution in [0.3, 0.4) is 0 Å². The first-order valence-corrected chi connectivity index (χ1v) is 4.53. The van der Waals surface area contributed by atoms with Crippen molar-refractivity contribution in [1.29, 1.82) is 0 Å². The number of carbonyl (C=O) groups is 1. The maximum Gasteiger partial charge on any atom is 0.228 e. The zero-order chi connectivity index (χ0) is 10.8. The van der Waals surface area contributed by atoms with E-state index in [-0.39, 0.29) is 17.4 Å². The third kappa shape index (κ3) is 1.81. The van der Waals surface area contributed by atoms with Gasteiger partial charge in [0.2, 0.25) is 5.78 Å². The first-order chi connectivity index (χ1) is 7.18. The Bertz CT molecular complexity index is 486. The van der Waals surface area contributed by atoms with Gasteiger partial charge in [-0.1, -0.05) is 0 Å². The molecule has 0 N–H and O–H groups in total. The van der Waals surface area contributed by atoms with Gasteiger partial charge in [-0.3, -0.25) is 4.79 Å². The highest BCUT2D eigenvalue weighted by Gasteiger charge is 2.14. The molecule has 0 amide bonds. The van der Waals surface area contributed by atoms with Gasteiger partial charge in [-0.15, -0.1) is 0 Å². The number of benzene rings is 1. The summed E-state index contributed by atoms with van der Waals surface area (Å²) in [6.07, 6.45) is 1.44. The molecule has 1 heterocycles. The number of furan rings is 1. The van der Waals surface area contributed by atoms with E-state index in [1.807, 2.05) is 0 Å². The minimum absolute atomic E-state index is 0.225. The topological polar surface area (TPSA) is 30.2 Å². The van der Waals surface area contributed by atoms with Crippen LogP contribution >= 0.6 is 0 Å². The second-order valence-electron chi connectivity index (χ2n) is 3.27. The van der Waals surface area contributed by atoms with Crippen molar-refractivity contribution < 1.29 is 13.6 Å². The van der Waals surface area contributed by atoms with Crippen LogP contribution in [0.25, 0.3) is 0 Å². The molecular weight excluding hydrogens is 195 g/mol. The number of ketones is 1. The monoisotopic (exact) mass is 204 g/mol. The van der Waals surface area contributed by atoms with Crippen LogP contribution in [0.5, 0.6) is 0 Å². The summed E-state index contributed by atoms with van der Waals surface area (Å²) in [5.41, 5.74) is 1.07. The third-order valence-corrected chi connectivity index (χ3v) is 2.18. The molecule has 0 unspecified atom stereocenters. The number of carbonyl (C=O) groups excluding carboxylic acids is 1. The van der Waals surface area contributed by atoms with E-state index in [2.05, 4.69) is 0 Å². The van der Waals surface area contributed by atoms with Crippen LogP contribution in [0, 0.1) is 12.7 Å². The Morgan fingerprint density at radius 3 is 2.73 bits per heavy atom. The van der Waals surface area contributed by atoms with Crippen LogP contribution in [-0.2, 0) is 0 Å². The van der Waals surface area contributed by atoms with Gasteiger partial charge >= 0.3 is 0 Å². The lowest BCUT2D eigenvalue weighted by Gasteiger charge is -2.02. The summed E-state index contributed by atoms with van der Waals surface area (Å²) in [6, 6.07) is 7.30. The molecule has 1 aromatic heterocycles. The van der Waals surface area contributed by atoms with Crippen molar-refractivity contribution in [2.75, 3.05) is 0 Å². The van der Waals surface area contributed by atoms with Crippen molar-refractivity contribution >= 4 is 5.78 Å². The number of rotatable bonds is 2. The van der Waals surface area contributed by atoms with Crippen molar-refractivity contribution in [3.05, 3.63) is 59.3 Å². The fourth-order valence-corrected chi connectivity index (χ4v) is 1.42. The van der Waals surface area contributed by atoms with Crippen molar-refractivity contribution in [2.24, 2.45) is 0 Å². The average molecular weight is 204 g/mol. The molecule has 0 radical (unpaired) electrons. The summed E-state index contributed by atoms with van der Waals surface area (Å²) in [5.74, 6) is -0.300. The Labute approximate surface area is 86.3 Å². The minimum atomic E-state index is -0.344. The smallest absolute Gasteiger partial charge is 0.228 e. The van der Waals surface area contributed by atoms with E-state index >= 15 is 0 Å². The third-order valence-electron chi connectivity index (χ3n) is 2.18. The molecule has 0 spiro atoms. The Hall–Kier alpha value is -1.90. The first kappa shape index (κ1) is 9.65. The van der Waals surface area contributed by atoms with Gasteiger partial charge in [0.25, 0.3) is 0 Å². The van der Waals surface area contributed by atoms with Gasteiger partial charge in [-0.25, -0.2) is 4.39 Å². The molecule has 2 nitrogen and oxygen atoms in total. The first-order valence-electron chi connectivity index (χ1n) is 4.53. The molecule has 1 aromatic carbocycles. The van der Waals surface area contributed by atoms with E-state index in [1.54, 1.807) is 19.1 Å². The van der Waals surface area contributed by atoms with Gasteiger partial charge in [0.05, 0.1) is 6.26 Å². The molecule has 0 saturated carbocycles. The zero-order valence-electron chi connectivity index (χ0n) is 8.16. The van der Waals surface area contributed by atoms with E-state index in [0.29, 0.717) is 11.1 Å². The standard InChI is InChI=1S/C12H9FO2/c1-8-7-9(13)4-5-10(8)12(14)11-3-2-6-15-11/h2-7H,1H3. The van der Waals surface area contributed by atoms with Crippen LogP contribution in [0.1, 0.15) is 21.7 Å². The molecule has 2 aromatic rings. The molecule has 0 aliphatic rings. The predicted molar refractivity (Wildman–Crippen MR) is 53.3 cm³/mol. The van der Waals surface area contributed by atoms with Crippen LogP contribution in [0.15, 0.2) is 41.0 Å².